The molecule has 0 aromatic rings. The van der Waals surface area contributed by atoms with Crippen LogP contribution in [0.4, 0.5) is 8.78 Å². The summed E-state index contributed by atoms with van der Waals surface area (Å²) < 4.78 is 26.0. The Bertz CT molecular complexity index is 331. The molecule has 1 aliphatic carbocycles. The molecule has 1 amide bonds. The van der Waals surface area contributed by atoms with Gasteiger partial charge in [0.1, 0.15) is 0 Å². The molecule has 6 heteroatoms. The molecule has 0 radical (unpaired) electrons. The number of halogens is 2. The third kappa shape index (κ3) is 4.23. The van der Waals surface area contributed by atoms with Crippen molar-refractivity contribution in [1.82, 2.24) is 5.32 Å². The summed E-state index contributed by atoms with van der Waals surface area (Å²) in [7, 11) is 0. The number of carboxylic acids is 1. The minimum atomic E-state index is -2.76. The Morgan fingerprint density at radius 3 is 2.44 bits per heavy atom. The van der Waals surface area contributed by atoms with Gasteiger partial charge in [0.05, 0.1) is 6.42 Å². The Labute approximate surface area is 105 Å². The van der Waals surface area contributed by atoms with E-state index in [9.17, 15) is 18.4 Å². The van der Waals surface area contributed by atoms with Crippen molar-refractivity contribution in [3.8, 4) is 0 Å². The normalized spacial score (nSPS) is 23.9. The van der Waals surface area contributed by atoms with E-state index in [0.717, 1.165) is 0 Å². The van der Waals surface area contributed by atoms with Gasteiger partial charge in [0, 0.05) is 24.8 Å². The van der Waals surface area contributed by atoms with Gasteiger partial charge < -0.3 is 10.4 Å². The van der Waals surface area contributed by atoms with Crippen LogP contribution in [0.15, 0.2) is 0 Å². The standard InChI is InChI=1S/C12H19F2NO3/c1-7(2)9(5-10(16)17)15-11(18)8-3-4-12(13,14)6-8/h7-9H,3-6H2,1-2H3,(H,15,18)(H,16,17). The molecule has 4 nitrogen and oxygen atoms in total. The van der Waals surface area contributed by atoms with Gasteiger partial charge in [0.25, 0.3) is 0 Å². The molecule has 0 saturated heterocycles. The summed E-state index contributed by atoms with van der Waals surface area (Å²) in [6.07, 6.45) is -0.726. The van der Waals surface area contributed by atoms with Crippen molar-refractivity contribution < 1.29 is 23.5 Å². The third-order valence-corrected chi connectivity index (χ3v) is 3.30. The predicted octanol–water partition coefficient (Wildman–Crippen LogP) is 2.04. The molecule has 0 heterocycles. The van der Waals surface area contributed by atoms with E-state index in [4.69, 9.17) is 5.11 Å². The van der Waals surface area contributed by atoms with Crippen LogP contribution in [-0.2, 0) is 9.59 Å². The number of amides is 1. The molecule has 0 aliphatic heterocycles. The minimum absolute atomic E-state index is 0.0491. The van der Waals surface area contributed by atoms with E-state index < -0.39 is 36.2 Å². The van der Waals surface area contributed by atoms with Gasteiger partial charge in [-0.2, -0.15) is 0 Å². The Hall–Kier alpha value is -1.20. The lowest BCUT2D eigenvalue weighted by Gasteiger charge is -2.22. The topological polar surface area (TPSA) is 66.4 Å². The van der Waals surface area contributed by atoms with Gasteiger partial charge in [-0.25, -0.2) is 8.78 Å². The number of hydrogen-bond acceptors (Lipinski definition) is 2. The van der Waals surface area contributed by atoms with Crippen molar-refractivity contribution in [1.29, 1.82) is 0 Å². The van der Waals surface area contributed by atoms with Crippen LogP contribution >= 0.6 is 0 Å². The smallest absolute Gasteiger partial charge is 0.305 e. The van der Waals surface area contributed by atoms with Crippen LogP contribution in [0.25, 0.3) is 0 Å². The number of nitrogens with one attached hydrogen (secondary N) is 1. The Morgan fingerprint density at radius 1 is 1.44 bits per heavy atom. The van der Waals surface area contributed by atoms with Gasteiger partial charge in [0.2, 0.25) is 11.8 Å². The molecule has 2 atom stereocenters. The van der Waals surface area contributed by atoms with Crippen molar-refractivity contribution in [2.45, 2.75) is 51.5 Å². The first kappa shape index (κ1) is 14.9. The molecule has 1 saturated carbocycles. The van der Waals surface area contributed by atoms with E-state index >= 15 is 0 Å². The van der Waals surface area contributed by atoms with Crippen LogP contribution in [0, 0.1) is 11.8 Å². The fraction of sp³-hybridized carbons (Fsp3) is 0.833. The van der Waals surface area contributed by atoms with Crippen molar-refractivity contribution in [3.05, 3.63) is 0 Å². The maximum atomic E-state index is 13.0. The number of rotatable bonds is 5. The molecule has 104 valence electrons. The van der Waals surface area contributed by atoms with Gasteiger partial charge in [-0.05, 0) is 12.3 Å². The zero-order valence-corrected chi connectivity index (χ0v) is 10.6. The quantitative estimate of drug-likeness (QED) is 0.797. The highest BCUT2D eigenvalue weighted by atomic mass is 19.3. The Kier molecular flexibility index (Phi) is 4.65. The largest absolute Gasteiger partial charge is 0.481 e. The maximum Gasteiger partial charge on any atom is 0.305 e. The summed E-state index contributed by atoms with van der Waals surface area (Å²) in [6.45, 7) is 3.58. The summed E-state index contributed by atoms with van der Waals surface area (Å²) in [5.74, 6) is -4.97. The average molecular weight is 263 g/mol. The SMILES string of the molecule is CC(C)C(CC(=O)O)NC(=O)C1CCC(F)(F)C1. The van der Waals surface area contributed by atoms with Crippen LogP contribution in [-0.4, -0.2) is 28.9 Å². The third-order valence-electron chi connectivity index (χ3n) is 3.30. The lowest BCUT2D eigenvalue weighted by molar-refractivity contribution is -0.138. The van der Waals surface area contributed by atoms with Crippen molar-refractivity contribution in [2.75, 3.05) is 0 Å². The van der Waals surface area contributed by atoms with Crippen LogP contribution in [0.5, 0.6) is 0 Å². The number of carbonyl (C=O) groups excluding carboxylic acids is 1. The first-order valence-corrected chi connectivity index (χ1v) is 6.11. The summed E-state index contributed by atoms with van der Waals surface area (Å²) in [5, 5.41) is 11.3. The molecular weight excluding hydrogens is 244 g/mol. The maximum absolute atomic E-state index is 13.0. The number of carbonyl (C=O) groups is 2. The fourth-order valence-electron chi connectivity index (χ4n) is 2.12. The zero-order valence-electron chi connectivity index (χ0n) is 10.6. The summed E-state index contributed by atoms with van der Waals surface area (Å²) >= 11 is 0. The van der Waals surface area contributed by atoms with Gasteiger partial charge in [0.15, 0.2) is 0 Å². The molecule has 0 bridgehead atoms. The van der Waals surface area contributed by atoms with E-state index in [2.05, 4.69) is 5.32 Å². The molecule has 1 fully saturated rings. The second kappa shape index (κ2) is 5.63. The molecule has 0 spiro atoms. The zero-order chi connectivity index (χ0) is 13.9. The van der Waals surface area contributed by atoms with E-state index in [1.165, 1.54) is 0 Å². The van der Waals surface area contributed by atoms with Crippen molar-refractivity contribution >= 4 is 11.9 Å². The Balaban J connectivity index is 2.54. The molecule has 2 unspecified atom stereocenters. The van der Waals surface area contributed by atoms with E-state index in [0.29, 0.717) is 0 Å². The van der Waals surface area contributed by atoms with E-state index in [1.54, 1.807) is 13.8 Å². The fourth-order valence-corrected chi connectivity index (χ4v) is 2.12. The average Bonchev–Trinajstić information content (AvgIpc) is 2.57. The predicted molar refractivity (Wildman–Crippen MR) is 61.3 cm³/mol. The van der Waals surface area contributed by atoms with Gasteiger partial charge in [-0.15, -0.1) is 0 Å². The molecule has 18 heavy (non-hydrogen) atoms. The molecule has 1 rings (SSSR count). The summed E-state index contributed by atoms with van der Waals surface area (Å²) in [5.41, 5.74) is 0. The van der Waals surface area contributed by atoms with E-state index in [-0.39, 0.29) is 25.2 Å². The highest BCUT2D eigenvalue weighted by Crippen LogP contribution is 2.38. The van der Waals surface area contributed by atoms with Crippen LogP contribution in [0.3, 0.4) is 0 Å². The van der Waals surface area contributed by atoms with Crippen LogP contribution in [0.2, 0.25) is 0 Å². The summed E-state index contributed by atoms with van der Waals surface area (Å²) in [6, 6.07) is -0.510. The first-order valence-electron chi connectivity index (χ1n) is 6.11. The second-order valence-electron chi connectivity index (χ2n) is 5.25. The van der Waals surface area contributed by atoms with Gasteiger partial charge in [-0.3, -0.25) is 9.59 Å². The molecule has 0 aromatic carbocycles. The number of aliphatic carboxylic acids is 1. The summed E-state index contributed by atoms with van der Waals surface area (Å²) in [4.78, 5) is 22.4. The Morgan fingerprint density at radius 2 is 2.06 bits per heavy atom. The van der Waals surface area contributed by atoms with Gasteiger partial charge in [-0.1, -0.05) is 13.8 Å². The number of hydrogen-bond donors (Lipinski definition) is 2. The minimum Gasteiger partial charge on any atom is -0.481 e. The van der Waals surface area contributed by atoms with Crippen molar-refractivity contribution in [2.24, 2.45) is 11.8 Å². The van der Waals surface area contributed by atoms with Gasteiger partial charge >= 0.3 is 5.97 Å². The van der Waals surface area contributed by atoms with Crippen LogP contribution in [0.1, 0.15) is 39.5 Å². The molecule has 1 aliphatic rings. The number of carboxylic acid groups (broad SMARTS) is 1. The lowest BCUT2D eigenvalue weighted by atomic mass is 9.99. The monoisotopic (exact) mass is 263 g/mol. The van der Waals surface area contributed by atoms with E-state index in [1.807, 2.05) is 0 Å². The highest BCUT2D eigenvalue weighted by Gasteiger charge is 2.42. The first-order chi connectivity index (χ1) is 8.21. The second-order valence-corrected chi connectivity index (χ2v) is 5.25. The highest BCUT2D eigenvalue weighted by molar-refractivity contribution is 5.80. The van der Waals surface area contributed by atoms with Crippen molar-refractivity contribution in [3.63, 3.8) is 0 Å². The lowest BCUT2D eigenvalue weighted by Crippen LogP contribution is -2.42. The van der Waals surface area contributed by atoms with Crippen LogP contribution < -0.4 is 5.32 Å². The molecule has 2 N–H and O–H groups in total. The number of alkyl halides is 2. The molecular formula is C12H19F2NO3. The molecule has 0 aromatic heterocycles.